The summed E-state index contributed by atoms with van der Waals surface area (Å²) in [7, 11) is 0. The highest BCUT2D eigenvalue weighted by molar-refractivity contribution is 5.50. The Hall–Kier alpha value is -1.77. The summed E-state index contributed by atoms with van der Waals surface area (Å²) in [5.41, 5.74) is 3.15. The third-order valence-electron chi connectivity index (χ3n) is 2.35. The van der Waals surface area contributed by atoms with Gasteiger partial charge in [0.25, 0.3) is 0 Å². The van der Waals surface area contributed by atoms with E-state index in [1.807, 2.05) is 32.0 Å². The van der Waals surface area contributed by atoms with E-state index in [-0.39, 0.29) is 0 Å². The number of hydrogen-bond donors (Lipinski definition) is 1. The molecular formula is C12H14N2O. The third-order valence-corrected chi connectivity index (χ3v) is 2.35. The average molecular weight is 202 g/mol. The number of anilines is 1. The SMILES string of the molecule is Cc1noc(C)c1NCc1ccccc1. The molecule has 0 saturated carbocycles. The molecule has 0 amide bonds. The van der Waals surface area contributed by atoms with E-state index in [9.17, 15) is 0 Å². The molecule has 2 aromatic rings. The molecule has 0 aliphatic rings. The van der Waals surface area contributed by atoms with Gasteiger partial charge in [-0.05, 0) is 19.4 Å². The largest absolute Gasteiger partial charge is 0.377 e. The lowest BCUT2D eigenvalue weighted by Crippen LogP contribution is -2.00. The van der Waals surface area contributed by atoms with Crippen molar-refractivity contribution in [3.05, 3.63) is 47.3 Å². The number of nitrogens with one attached hydrogen (secondary N) is 1. The number of aromatic nitrogens is 1. The molecule has 0 aliphatic carbocycles. The first-order chi connectivity index (χ1) is 7.27. The molecule has 0 fully saturated rings. The van der Waals surface area contributed by atoms with Gasteiger partial charge in [0.05, 0.1) is 0 Å². The van der Waals surface area contributed by atoms with Crippen molar-refractivity contribution in [3.8, 4) is 0 Å². The average Bonchev–Trinajstić information content (AvgIpc) is 2.58. The Morgan fingerprint density at radius 3 is 2.53 bits per heavy atom. The van der Waals surface area contributed by atoms with Gasteiger partial charge in [-0.3, -0.25) is 0 Å². The van der Waals surface area contributed by atoms with Crippen molar-refractivity contribution >= 4 is 5.69 Å². The van der Waals surface area contributed by atoms with Crippen molar-refractivity contribution < 1.29 is 4.52 Å². The maximum Gasteiger partial charge on any atom is 0.157 e. The van der Waals surface area contributed by atoms with Crippen molar-refractivity contribution in [3.63, 3.8) is 0 Å². The van der Waals surface area contributed by atoms with E-state index >= 15 is 0 Å². The minimum absolute atomic E-state index is 0.795. The molecule has 3 nitrogen and oxygen atoms in total. The Balaban J connectivity index is 2.05. The zero-order chi connectivity index (χ0) is 10.7. The van der Waals surface area contributed by atoms with Gasteiger partial charge >= 0.3 is 0 Å². The van der Waals surface area contributed by atoms with Crippen LogP contribution in [0.15, 0.2) is 34.9 Å². The fourth-order valence-corrected chi connectivity index (χ4v) is 1.52. The van der Waals surface area contributed by atoms with Crippen LogP contribution in [0.3, 0.4) is 0 Å². The van der Waals surface area contributed by atoms with Crippen LogP contribution in [0.5, 0.6) is 0 Å². The summed E-state index contributed by atoms with van der Waals surface area (Å²) < 4.78 is 5.07. The lowest BCUT2D eigenvalue weighted by Gasteiger charge is -2.04. The molecule has 0 unspecified atom stereocenters. The summed E-state index contributed by atoms with van der Waals surface area (Å²) >= 11 is 0. The third kappa shape index (κ3) is 2.18. The highest BCUT2D eigenvalue weighted by Crippen LogP contribution is 2.19. The first kappa shape index (κ1) is 9.77. The lowest BCUT2D eigenvalue weighted by atomic mass is 10.2. The van der Waals surface area contributed by atoms with Crippen molar-refractivity contribution in [2.45, 2.75) is 20.4 Å². The molecule has 2 rings (SSSR count). The van der Waals surface area contributed by atoms with E-state index in [1.165, 1.54) is 5.56 Å². The first-order valence-electron chi connectivity index (χ1n) is 4.98. The Labute approximate surface area is 89.1 Å². The van der Waals surface area contributed by atoms with E-state index < -0.39 is 0 Å². The van der Waals surface area contributed by atoms with Crippen molar-refractivity contribution in [1.29, 1.82) is 0 Å². The molecular weight excluding hydrogens is 188 g/mol. The van der Waals surface area contributed by atoms with Gasteiger partial charge < -0.3 is 9.84 Å². The van der Waals surface area contributed by atoms with Crippen LogP contribution >= 0.6 is 0 Å². The molecule has 1 aromatic heterocycles. The fraction of sp³-hybridized carbons (Fsp3) is 0.250. The molecule has 0 saturated heterocycles. The van der Waals surface area contributed by atoms with E-state index in [4.69, 9.17) is 4.52 Å². The standard InChI is InChI=1S/C12H14N2O/c1-9-12(10(2)15-14-9)13-8-11-6-4-3-5-7-11/h3-7,13H,8H2,1-2H3. The van der Waals surface area contributed by atoms with Crippen LogP contribution in [0.2, 0.25) is 0 Å². The predicted molar refractivity (Wildman–Crippen MR) is 59.7 cm³/mol. The summed E-state index contributed by atoms with van der Waals surface area (Å²) in [6.45, 7) is 4.64. The second-order valence-corrected chi connectivity index (χ2v) is 3.54. The molecule has 0 aliphatic heterocycles. The van der Waals surface area contributed by atoms with Crippen LogP contribution in [0.4, 0.5) is 5.69 Å². The maximum absolute atomic E-state index is 5.07. The minimum Gasteiger partial charge on any atom is -0.377 e. The second kappa shape index (κ2) is 4.17. The Morgan fingerprint density at radius 1 is 1.20 bits per heavy atom. The van der Waals surface area contributed by atoms with Crippen molar-refractivity contribution in [2.24, 2.45) is 0 Å². The van der Waals surface area contributed by atoms with Crippen LogP contribution in [0.25, 0.3) is 0 Å². The van der Waals surface area contributed by atoms with Gasteiger partial charge in [-0.2, -0.15) is 0 Å². The molecule has 0 atom stereocenters. The van der Waals surface area contributed by atoms with E-state index in [0.29, 0.717) is 0 Å². The second-order valence-electron chi connectivity index (χ2n) is 3.54. The zero-order valence-corrected chi connectivity index (χ0v) is 8.95. The number of aryl methyl sites for hydroxylation is 2. The van der Waals surface area contributed by atoms with Crippen LogP contribution in [0.1, 0.15) is 17.0 Å². The monoisotopic (exact) mass is 202 g/mol. The molecule has 78 valence electrons. The molecule has 1 aromatic carbocycles. The molecule has 0 radical (unpaired) electrons. The van der Waals surface area contributed by atoms with Crippen molar-refractivity contribution in [1.82, 2.24) is 5.16 Å². The quantitative estimate of drug-likeness (QED) is 0.831. The number of hydrogen-bond acceptors (Lipinski definition) is 3. The zero-order valence-electron chi connectivity index (χ0n) is 8.95. The van der Waals surface area contributed by atoms with Gasteiger partial charge in [-0.15, -0.1) is 0 Å². The predicted octanol–water partition coefficient (Wildman–Crippen LogP) is 2.90. The summed E-state index contributed by atoms with van der Waals surface area (Å²) in [5.74, 6) is 0.837. The van der Waals surface area contributed by atoms with Gasteiger partial charge in [0, 0.05) is 6.54 Å². The van der Waals surface area contributed by atoms with Crippen LogP contribution in [0, 0.1) is 13.8 Å². The van der Waals surface area contributed by atoms with E-state index in [2.05, 4.69) is 22.6 Å². The van der Waals surface area contributed by atoms with Crippen LogP contribution in [-0.2, 0) is 6.54 Å². The summed E-state index contributed by atoms with van der Waals surface area (Å²) in [6.07, 6.45) is 0. The lowest BCUT2D eigenvalue weighted by molar-refractivity contribution is 0.393. The highest BCUT2D eigenvalue weighted by atomic mass is 16.5. The summed E-state index contributed by atoms with van der Waals surface area (Å²) in [6, 6.07) is 10.3. The highest BCUT2D eigenvalue weighted by Gasteiger charge is 2.07. The summed E-state index contributed by atoms with van der Waals surface area (Å²) in [5, 5.41) is 7.21. The van der Waals surface area contributed by atoms with Crippen LogP contribution < -0.4 is 5.32 Å². The Bertz CT molecular complexity index is 415. The van der Waals surface area contributed by atoms with Gasteiger partial charge in [-0.25, -0.2) is 0 Å². The van der Waals surface area contributed by atoms with E-state index in [0.717, 1.165) is 23.7 Å². The van der Waals surface area contributed by atoms with Crippen LogP contribution in [-0.4, -0.2) is 5.16 Å². The molecule has 1 N–H and O–H groups in total. The first-order valence-corrected chi connectivity index (χ1v) is 4.98. The molecule has 0 spiro atoms. The topological polar surface area (TPSA) is 38.1 Å². The Kier molecular flexibility index (Phi) is 2.72. The smallest absolute Gasteiger partial charge is 0.157 e. The number of rotatable bonds is 3. The van der Waals surface area contributed by atoms with Crippen molar-refractivity contribution in [2.75, 3.05) is 5.32 Å². The van der Waals surface area contributed by atoms with Gasteiger partial charge in [0.1, 0.15) is 11.4 Å². The molecule has 0 bridgehead atoms. The van der Waals surface area contributed by atoms with E-state index in [1.54, 1.807) is 0 Å². The number of benzene rings is 1. The van der Waals surface area contributed by atoms with Gasteiger partial charge in [0.2, 0.25) is 0 Å². The fourth-order valence-electron chi connectivity index (χ4n) is 1.52. The summed E-state index contributed by atoms with van der Waals surface area (Å²) in [4.78, 5) is 0. The number of nitrogens with zero attached hydrogens (tertiary/aromatic N) is 1. The molecule has 1 heterocycles. The van der Waals surface area contributed by atoms with Gasteiger partial charge in [0.15, 0.2) is 5.76 Å². The van der Waals surface area contributed by atoms with Gasteiger partial charge in [-0.1, -0.05) is 35.5 Å². The molecule has 3 heteroatoms. The Morgan fingerprint density at radius 2 is 1.93 bits per heavy atom. The normalized spacial score (nSPS) is 10.3. The minimum atomic E-state index is 0.795. The molecule has 15 heavy (non-hydrogen) atoms. The maximum atomic E-state index is 5.07.